The van der Waals surface area contributed by atoms with Crippen LogP contribution in [0.4, 0.5) is 18.9 Å². The van der Waals surface area contributed by atoms with E-state index in [-0.39, 0.29) is 53.5 Å². The highest BCUT2D eigenvalue weighted by molar-refractivity contribution is 5.90. The van der Waals surface area contributed by atoms with Gasteiger partial charge in [-0.15, -0.1) is 0 Å². The number of nitrogens with zero attached hydrogens (tertiary/aromatic N) is 3. The molecule has 2 heterocycles. The van der Waals surface area contributed by atoms with E-state index in [0.717, 1.165) is 11.6 Å². The van der Waals surface area contributed by atoms with E-state index in [2.05, 4.69) is 0 Å². The fourth-order valence-electron chi connectivity index (χ4n) is 6.20. The zero-order valence-corrected chi connectivity index (χ0v) is 28.0. The third-order valence-electron chi connectivity index (χ3n) is 9.00. The molecule has 0 spiro atoms. The fraction of sp³-hybridized carbons (Fsp3) is 0.263. The molecule has 1 fully saturated rings. The zero-order chi connectivity index (χ0) is 37.6. The van der Waals surface area contributed by atoms with Gasteiger partial charge in [0.15, 0.2) is 0 Å². The van der Waals surface area contributed by atoms with Crippen LogP contribution in [-0.2, 0) is 12.1 Å². The largest absolute Gasteiger partial charge is 0.490 e. The van der Waals surface area contributed by atoms with Crippen molar-refractivity contribution >= 4 is 28.5 Å². The molecule has 6 rings (SSSR count). The number of piperidine rings is 1. The highest BCUT2D eigenvalue weighted by atomic mass is 19.4. The van der Waals surface area contributed by atoms with Gasteiger partial charge in [-0.3, -0.25) is 15.0 Å². The van der Waals surface area contributed by atoms with Gasteiger partial charge in [-0.1, -0.05) is 54.6 Å². The van der Waals surface area contributed by atoms with E-state index in [0.29, 0.717) is 29.7 Å². The van der Waals surface area contributed by atoms with E-state index in [1.165, 1.54) is 33.9 Å². The number of nitro groups is 1. The minimum Gasteiger partial charge on any atom is -0.490 e. The predicted molar refractivity (Wildman–Crippen MR) is 186 cm³/mol. The molecule has 0 aliphatic carbocycles. The Kier molecular flexibility index (Phi) is 11.3. The van der Waals surface area contributed by atoms with Gasteiger partial charge in [-0.2, -0.15) is 13.2 Å². The molecule has 1 aromatic heterocycles. The number of β-amino-alcohol motifs (C(OH)–C–C–N with tert-alkyl or cyclic N) is 1. The maximum Gasteiger partial charge on any atom is 0.422 e. The van der Waals surface area contributed by atoms with E-state index in [9.17, 15) is 43.1 Å². The van der Waals surface area contributed by atoms with Crippen LogP contribution in [-0.4, -0.2) is 73.6 Å². The van der Waals surface area contributed by atoms with Gasteiger partial charge in [0.05, 0.1) is 21.6 Å². The Hall–Kier alpha value is -5.73. The van der Waals surface area contributed by atoms with Crippen molar-refractivity contribution in [3.05, 3.63) is 141 Å². The monoisotopic (exact) mass is 719 g/mol. The van der Waals surface area contributed by atoms with E-state index in [1.807, 2.05) is 0 Å². The molecule has 1 atom stereocenters. The number of nitro benzene ring substituents is 1. The second-order valence-corrected chi connectivity index (χ2v) is 12.5. The second kappa shape index (κ2) is 15.7. The molecule has 52 heavy (non-hydrogen) atoms. The Bertz CT molecular complexity index is 2050. The number of fused-ring (bicyclic) bond motifs is 1. The number of halogens is 3. The molecule has 1 saturated heterocycles. The maximum atomic E-state index is 14.8. The van der Waals surface area contributed by atoms with Crippen molar-refractivity contribution in [2.45, 2.75) is 44.2 Å². The highest BCUT2D eigenvalue weighted by Gasteiger charge is 2.57. The molecule has 4 aromatic carbocycles. The number of hydrogen-bond donors (Lipinski definition) is 3. The number of hydrogen-bond acceptors (Lipinski definition) is 7. The number of rotatable bonds is 10. The SMILES string of the molecule is Cc1c(OC2CCN(CC(O)(c3cn(Cc4ccccc4)c4cc([N+](=O)[O-])ccc34)C(F)(F)F)CC2)cccc1C(=O)O.O=C(O)c1ccccc1. The van der Waals surface area contributed by atoms with Crippen LogP contribution in [0, 0.1) is 17.0 Å². The molecule has 0 radical (unpaired) electrons. The summed E-state index contributed by atoms with van der Waals surface area (Å²) in [5, 5.41) is 40.7. The molecule has 0 saturated carbocycles. The maximum absolute atomic E-state index is 14.8. The lowest BCUT2D eigenvalue weighted by molar-refractivity contribution is -0.384. The number of aromatic carboxylic acids is 2. The Morgan fingerprint density at radius 2 is 1.54 bits per heavy atom. The fourth-order valence-corrected chi connectivity index (χ4v) is 6.20. The van der Waals surface area contributed by atoms with Gasteiger partial charge in [0, 0.05) is 61.0 Å². The van der Waals surface area contributed by atoms with Crippen LogP contribution >= 0.6 is 0 Å². The molecule has 3 N–H and O–H groups in total. The Labute approximate surface area is 296 Å². The summed E-state index contributed by atoms with van der Waals surface area (Å²) < 4.78 is 51.8. The average molecular weight is 720 g/mol. The molecule has 0 bridgehead atoms. The lowest BCUT2D eigenvalue weighted by Gasteiger charge is -2.39. The average Bonchev–Trinajstić information content (AvgIpc) is 3.48. The van der Waals surface area contributed by atoms with Crippen LogP contribution in [0.3, 0.4) is 0 Å². The number of carbonyl (C=O) groups is 2. The van der Waals surface area contributed by atoms with Crippen molar-refractivity contribution in [2.24, 2.45) is 0 Å². The molecule has 0 amide bonds. The first-order valence-corrected chi connectivity index (χ1v) is 16.3. The van der Waals surface area contributed by atoms with E-state index in [1.54, 1.807) is 79.7 Å². The van der Waals surface area contributed by atoms with Crippen LogP contribution < -0.4 is 4.74 Å². The summed E-state index contributed by atoms with van der Waals surface area (Å²) in [6, 6.07) is 25.6. The summed E-state index contributed by atoms with van der Waals surface area (Å²) in [6.07, 6.45) is -3.42. The third-order valence-corrected chi connectivity index (χ3v) is 9.00. The van der Waals surface area contributed by atoms with Crippen LogP contribution in [0.1, 0.15) is 50.2 Å². The van der Waals surface area contributed by atoms with Crippen LogP contribution in [0.25, 0.3) is 10.9 Å². The predicted octanol–water partition coefficient (Wildman–Crippen LogP) is 7.28. The van der Waals surface area contributed by atoms with Crippen molar-refractivity contribution in [3.63, 3.8) is 0 Å². The second-order valence-electron chi connectivity index (χ2n) is 12.5. The Morgan fingerprint density at radius 1 is 0.904 bits per heavy atom. The number of aromatic nitrogens is 1. The molecular weight excluding hydrogens is 683 g/mol. The van der Waals surface area contributed by atoms with Crippen LogP contribution in [0.2, 0.25) is 0 Å². The van der Waals surface area contributed by atoms with Crippen molar-refractivity contribution < 1.29 is 47.7 Å². The van der Waals surface area contributed by atoms with Gasteiger partial charge in [0.2, 0.25) is 5.60 Å². The topological polar surface area (TPSA) is 155 Å². The normalized spacial score (nSPS) is 14.9. The Morgan fingerprint density at radius 3 is 2.10 bits per heavy atom. The van der Waals surface area contributed by atoms with Gasteiger partial charge in [0.25, 0.3) is 5.69 Å². The zero-order valence-electron chi connectivity index (χ0n) is 28.0. The number of alkyl halides is 3. The van der Waals surface area contributed by atoms with E-state index in [4.69, 9.17) is 9.84 Å². The molecule has 1 aliphatic heterocycles. The molecular formula is C38H36F3N3O8. The number of non-ortho nitro benzene ring substituents is 1. The van der Waals surface area contributed by atoms with Gasteiger partial charge < -0.3 is 24.6 Å². The van der Waals surface area contributed by atoms with Crippen molar-refractivity contribution in [1.82, 2.24) is 9.47 Å². The number of ether oxygens (including phenoxy) is 1. The summed E-state index contributed by atoms with van der Waals surface area (Å²) in [5.41, 5.74) is -2.01. The first-order valence-electron chi connectivity index (χ1n) is 16.3. The molecule has 5 aromatic rings. The van der Waals surface area contributed by atoms with E-state index >= 15 is 0 Å². The molecule has 1 unspecified atom stereocenters. The highest BCUT2D eigenvalue weighted by Crippen LogP contribution is 2.44. The molecule has 14 heteroatoms. The molecule has 272 valence electrons. The quantitative estimate of drug-likeness (QED) is 0.0998. The van der Waals surface area contributed by atoms with Crippen molar-refractivity contribution in [2.75, 3.05) is 19.6 Å². The standard InChI is InChI=1S/C31H30F3N3O6.C7H6O2/c1-20-24(29(38)39)8-5-9-28(20)43-23-12-14-35(15-13-23)19-30(40,31(32,33)34)26-18-36(17-21-6-3-2-4-7-21)27-16-22(37(41)42)10-11-25(26)27;8-7(9)6-4-2-1-3-5-6/h2-11,16,18,23,40H,12-15,17,19H2,1H3,(H,38,39);1-5H,(H,8,9). The lowest BCUT2D eigenvalue weighted by Crippen LogP contribution is -2.53. The third kappa shape index (κ3) is 8.41. The lowest BCUT2D eigenvalue weighted by atomic mass is 9.91. The molecule has 1 aliphatic rings. The summed E-state index contributed by atoms with van der Waals surface area (Å²) in [6.45, 7) is 1.46. The number of aliphatic hydroxyl groups is 1. The summed E-state index contributed by atoms with van der Waals surface area (Å²) in [4.78, 5) is 34.0. The summed E-state index contributed by atoms with van der Waals surface area (Å²) >= 11 is 0. The van der Waals surface area contributed by atoms with Crippen LogP contribution in [0.15, 0.2) is 103 Å². The van der Waals surface area contributed by atoms with Gasteiger partial charge in [-0.05, 0) is 55.7 Å². The number of carboxylic acid groups (broad SMARTS) is 2. The van der Waals surface area contributed by atoms with Crippen LogP contribution in [0.5, 0.6) is 5.75 Å². The number of carboxylic acids is 2. The smallest absolute Gasteiger partial charge is 0.422 e. The van der Waals surface area contributed by atoms with Gasteiger partial charge in [-0.25, -0.2) is 9.59 Å². The minimum absolute atomic E-state index is 0.0772. The first kappa shape index (κ1) is 37.5. The minimum atomic E-state index is -5.05. The number of benzene rings is 4. The van der Waals surface area contributed by atoms with Crippen molar-refractivity contribution in [1.29, 1.82) is 0 Å². The summed E-state index contributed by atoms with van der Waals surface area (Å²) in [7, 11) is 0. The van der Waals surface area contributed by atoms with Gasteiger partial charge >= 0.3 is 18.1 Å². The van der Waals surface area contributed by atoms with E-state index < -0.39 is 35.2 Å². The first-order chi connectivity index (χ1) is 24.7. The Balaban J connectivity index is 0.000000507. The molecule has 11 nitrogen and oxygen atoms in total. The summed E-state index contributed by atoms with van der Waals surface area (Å²) in [5.74, 6) is -1.55. The van der Waals surface area contributed by atoms with Crippen molar-refractivity contribution in [3.8, 4) is 5.75 Å². The number of likely N-dealkylation sites (tertiary alicyclic amines) is 1. The van der Waals surface area contributed by atoms with Gasteiger partial charge in [0.1, 0.15) is 11.9 Å².